The Morgan fingerprint density at radius 1 is 1.03 bits per heavy atom. The molecule has 1 unspecified atom stereocenters. The monoisotopic (exact) mass is 490 g/mol. The van der Waals surface area contributed by atoms with Crippen LogP contribution in [0.2, 0.25) is 0 Å². The average molecular weight is 491 g/mol. The van der Waals surface area contributed by atoms with Crippen LogP contribution in [0.4, 0.5) is 10.1 Å². The normalized spacial score (nSPS) is 12.3. The molecule has 3 aromatic carbocycles. The lowest BCUT2D eigenvalue weighted by Crippen LogP contribution is -2.28. The molecule has 0 aliphatic carbocycles. The van der Waals surface area contributed by atoms with Gasteiger partial charge in [0.15, 0.2) is 0 Å². The van der Waals surface area contributed by atoms with Crippen molar-refractivity contribution in [1.29, 1.82) is 0 Å². The van der Waals surface area contributed by atoms with Crippen LogP contribution < -0.4 is 10.0 Å². The first-order chi connectivity index (χ1) is 14.2. The maximum absolute atomic E-state index is 13.8. The first kappa shape index (κ1) is 22.0. The summed E-state index contributed by atoms with van der Waals surface area (Å²) in [4.78, 5) is 12.7. The zero-order valence-corrected chi connectivity index (χ0v) is 18.7. The number of rotatable bonds is 6. The van der Waals surface area contributed by atoms with Gasteiger partial charge in [-0.15, -0.1) is 0 Å². The van der Waals surface area contributed by atoms with E-state index < -0.39 is 21.7 Å². The number of hydrogen-bond acceptors (Lipinski definition) is 3. The summed E-state index contributed by atoms with van der Waals surface area (Å²) < 4.78 is 42.4. The fourth-order valence-electron chi connectivity index (χ4n) is 2.94. The third-order valence-electron chi connectivity index (χ3n) is 4.60. The lowest BCUT2D eigenvalue weighted by molar-refractivity contribution is 0.0939. The summed E-state index contributed by atoms with van der Waals surface area (Å²) in [5.74, 6) is -1.09. The van der Waals surface area contributed by atoms with Crippen molar-refractivity contribution in [1.82, 2.24) is 5.32 Å². The minimum atomic E-state index is -4.07. The quantitative estimate of drug-likeness (QED) is 0.499. The Hall–Kier alpha value is -2.71. The van der Waals surface area contributed by atoms with E-state index in [2.05, 4.69) is 26.0 Å². The van der Waals surface area contributed by atoms with E-state index in [0.717, 1.165) is 16.1 Å². The van der Waals surface area contributed by atoms with Crippen molar-refractivity contribution in [3.05, 3.63) is 93.7 Å². The second-order valence-electron chi connectivity index (χ2n) is 6.78. The molecule has 0 spiro atoms. The number of para-hydroxylation sites is 1. The number of carbonyl (C=O) groups is 1. The van der Waals surface area contributed by atoms with E-state index in [4.69, 9.17) is 0 Å². The molecule has 0 fully saturated rings. The third-order valence-corrected chi connectivity index (χ3v) is 6.69. The van der Waals surface area contributed by atoms with Gasteiger partial charge in [-0.2, -0.15) is 0 Å². The summed E-state index contributed by atoms with van der Waals surface area (Å²) in [6.45, 7) is 3.56. The van der Waals surface area contributed by atoms with E-state index in [1.54, 1.807) is 13.0 Å². The summed E-state index contributed by atoms with van der Waals surface area (Å²) in [6, 6.07) is 16.9. The number of aryl methyl sites for hydroxylation is 1. The van der Waals surface area contributed by atoms with Gasteiger partial charge in [-0.05, 0) is 55.3 Å². The highest BCUT2D eigenvalue weighted by Gasteiger charge is 2.21. The van der Waals surface area contributed by atoms with Crippen LogP contribution in [-0.2, 0) is 10.0 Å². The van der Waals surface area contributed by atoms with E-state index in [1.165, 1.54) is 30.3 Å². The van der Waals surface area contributed by atoms with Crippen LogP contribution in [0, 0.1) is 12.7 Å². The molecule has 0 saturated carbocycles. The van der Waals surface area contributed by atoms with Gasteiger partial charge in [0.25, 0.3) is 15.9 Å². The summed E-state index contributed by atoms with van der Waals surface area (Å²) in [5.41, 5.74) is 1.59. The van der Waals surface area contributed by atoms with Gasteiger partial charge < -0.3 is 5.32 Å². The highest BCUT2D eigenvalue weighted by molar-refractivity contribution is 9.10. The Kier molecular flexibility index (Phi) is 6.58. The van der Waals surface area contributed by atoms with Gasteiger partial charge in [0.2, 0.25) is 0 Å². The van der Waals surface area contributed by atoms with E-state index in [-0.39, 0.29) is 22.2 Å². The number of nitrogens with one attached hydrogen (secondary N) is 2. The summed E-state index contributed by atoms with van der Waals surface area (Å²) in [6.07, 6.45) is 0. The molecular weight excluding hydrogens is 471 g/mol. The van der Waals surface area contributed by atoms with E-state index in [0.29, 0.717) is 5.56 Å². The number of carbonyl (C=O) groups excluding carboxylic acids is 1. The molecule has 0 aliphatic rings. The van der Waals surface area contributed by atoms with Gasteiger partial charge in [0, 0.05) is 10.0 Å². The van der Waals surface area contributed by atoms with Crippen LogP contribution in [0.3, 0.4) is 0 Å². The molecule has 156 valence electrons. The van der Waals surface area contributed by atoms with E-state index in [1.807, 2.05) is 31.2 Å². The third kappa shape index (κ3) is 4.88. The van der Waals surface area contributed by atoms with Crippen molar-refractivity contribution in [3.63, 3.8) is 0 Å². The molecule has 0 radical (unpaired) electrons. The molecule has 0 aliphatic heterocycles. The zero-order chi connectivity index (χ0) is 21.9. The number of halogens is 2. The second kappa shape index (κ2) is 8.97. The number of anilines is 1. The van der Waals surface area contributed by atoms with Crippen molar-refractivity contribution in [2.75, 3.05) is 4.72 Å². The highest BCUT2D eigenvalue weighted by atomic mass is 79.9. The fraction of sp³-hybridized carbons (Fsp3) is 0.136. The average Bonchev–Trinajstić information content (AvgIpc) is 2.70. The van der Waals surface area contributed by atoms with Gasteiger partial charge in [0.1, 0.15) is 5.82 Å². The molecule has 1 atom stereocenters. The molecule has 8 heteroatoms. The highest BCUT2D eigenvalue weighted by Crippen LogP contribution is 2.24. The number of hydrogen-bond donors (Lipinski definition) is 2. The molecule has 0 saturated heterocycles. The Bertz CT molecular complexity index is 1200. The second-order valence-corrected chi connectivity index (χ2v) is 9.32. The van der Waals surface area contributed by atoms with Crippen LogP contribution in [0.5, 0.6) is 0 Å². The Morgan fingerprint density at radius 2 is 1.70 bits per heavy atom. The van der Waals surface area contributed by atoms with Crippen molar-refractivity contribution >= 4 is 37.5 Å². The van der Waals surface area contributed by atoms with Crippen LogP contribution in [0.15, 0.2) is 76.1 Å². The van der Waals surface area contributed by atoms with Crippen molar-refractivity contribution in [3.8, 4) is 0 Å². The molecular formula is C22H20BrFN2O3S. The lowest BCUT2D eigenvalue weighted by atomic mass is 10.1. The maximum Gasteiger partial charge on any atom is 0.262 e. The van der Waals surface area contributed by atoms with Gasteiger partial charge in [-0.1, -0.05) is 52.3 Å². The van der Waals surface area contributed by atoms with Gasteiger partial charge >= 0.3 is 0 Å². The lowest BCUT2D eigenvalue weighted by Gasteiger charge is -2.17. The number of benzene rings is 3. The number of amides is 1. The van der Waals surface area contributed by atoms with Crippen LogP contribution in [0.1, 0.15) is 34.5 Å². The molecule has 2 N–H and O–H groups in total. The molecule has 5 nitrogen and oxygen atoms in total. The zero-order valence-electron chi connectivity index (χ0n) is 16.3. The van der Waals surface area contributed by atoms with Gasteiger partial charge in [-0.25, -0.2) is 12.8 Å². The summed E-state index contributed by atoms with van der Waals surface area (Å²) in [7, 11) is -4.07. The first-order valence-corrected chi connectivity index (χ1v) is 11.4. The first-order valence-electron chi connectivity index (χ1n) is 9.12. The fourth-order valence-corrected chi connectivity index (χ4v) is 4.66. The molecule has 0 bridgehead atoms. The predicted molar refractivity (Wildman–Crippen MR) is 118 cm³/mol. The standard InChI is InChI=1S/C22H20BrFN2O3S/c1-14-11-12-16(30(28,29)26-21-10-6-5-9-20(21)24)13-18(14)22(27)25-15(2)17-7-3-4-8-19(17)23/h3-13,15,26H,1-2H3,(H,25,27). The van der Waals surface area contributed by atoms with Crippen molar-refractivity contribution < 1.29 is 17.6 Å². The van der Waals surface area contributed by atoms with Crippen LogP contribution >= 0.6 is 15.9 Å². The molecule has 3 aromatic rings. The number of sulfonamides is 1. The van der Waals surface area contributed by atoms with Gasteiger partial charge in [-0.3, -0.25) is 9.52 Å². The molecule has 0 aromatic heterocycles. The summed E-state index contributed by atoms with van der Waals surface area (Å²) >= 11 is 3.46. The smallest absolute Gasteiger partial charge is 0.262 e. The van der Waals surface area contributed by atoms with Crippen molar-refractivity contribution in [2.45, 2.75) is 24.8 Å². The van der Waals surface area contributed by atoms with E-state index >= 15 is 0 Å². The minimum absolute atomic E-state index is 0.130. The predicted octanol–water partition coefficient (Wildman–Crippen LogP) is 5.19. The Morgan fingerprint density at radius 3 is 2.40 bits per heavy atom. The molecule has 3 rings (SSSR count). The summed E-state index contributed by atoms with van der Waals surface area (Å²) in [5, 5.41) is 2.89. The SMILES string of the molecule is Cc1ccc(S(=O)(=O)Nc2ccccc2F)cc1C(=O)NC(C)c1ccccc1Br. The molecule has 30 heavy (non-hydrogen) atoms. The van der Waals surface area contributed by atoms with E-state index in [9.17, 15) is 17.6 Å². The Balaban J connectivity index is 1.86. The van der Waals surface area contributed by atoms with Crippen LogP contribution in [-0.4, -0.2) is 14.3 Å². The largest absolute Gasteiger partial charge is 0.345 e. The molecule has 0 heterocycles. The van der Waals surface area contributed by atoms with Crippen LogP contribution in [0.25, 0.3) is 0 Å². The minimum Gasteiger partial charge on any atom is -0.345 e. The van der Waals surface area contributed by atoms with Gasteiger partial charge in [0.05, 0.1) is 16.6 Å². The Labute approximate surface area is 183 Å². The topological polar surface area (TPSA) is 75.3 Å². The molecule has 1 amide bonds. The van der Waals surface area contributed by atoms with Crippen molar-refractivity contribution in [2.24, 2.45) is 0 Å². The maximum atomic E-state index is 13.8.